The van der Waals surface area contributed by atoms with Gasteiger partial charge in [-0.25, -0.2) is 0 Å². The molecule has 1 unspecified atom stereocenters. The fraction of sp³-hybridized carbons (Fsp3) is 0.417. The van der Waals surface area contributed by atoms with E-state index in [1.54, 1.807) is 17.5 Å². The summed E-state index contributed by atoms with van der Waals surface area (Å²) in [6.07, 6.45) is 3.09. The van der Waals surface area contributed by atoms with Crippen LogP contribution in [0.2, 0.25) is 0 Å². The molecule has 0 radical (unpaired) electrons. The van der Waals surface area contributed by atoms with E-state index in [1.807, 2.05) is 29.2 Å². The highest BCUT2D eigenvalue weighted by Gasteiger charge is 2.15. The third-order valence-electron chi connectivity index (χ3n) is 2.66. The van der Waals surface area contributed by atoms with Crippen LogP contribution in [0.1, 0.15) is 42.0 Å². The van der Waals surface area contributed by atoms with Gasteiger partial charge >= 0.3 is 0 Å². The van der Waals surface area contributed by atoms with Gasteiger partial charge in [-0.15, -0.1) is 11.3 Å². The number of aliphatic hydroxyl groups excluding tert-OH is 1. The minimum atomic E-state index is -0.557. The summed E-state index contributed by atoms with van der Waals surface area (Å²) in [4.78, 5) is 1.16. The molecule has 0 bridgehead atoms. The average Bonchev–Trinajstić information content (AvgIpc) is 2.84. The molecule has 4 heteroatoms. The summed E-state index contributed by atoms with van der Waals surface area (Å²) in [5.74, 6) is 0. The second kappa shape index (κ2) is 4.39. The zero-order valence-corrected chi connectivity index (χ0v) is 10.5. The van der Waals surface area contributed by atoms with E-state index in [-0.39, 0.29) is 0 Å². The number of aromatic nitrogens is 2. The molecule has 0 saturated heterocycles. The zero-order valence-electron chi connectivity index (χ0n) is 9.71. The molecule has 3 nitrogen and oxygen atoms in total. The van der Waals surface area contributed by atoms with Gasteiger partial charge in [0.15, 0.2) is 0 Å². The summed E-state index contributed by atoms with van der Waals surface area (Å²) in [5, 5.41) is 16.4. The predicted octanol–water partition coefficient (Wildman–Crippen LogP) is 2.92. The van der Waals surface area contributed by atoms with E-state index in [2.05, 4.69) is 18.9 Å². The predicted molar refractivity (Wildman–Crippen MR) is 65.7 cm³/mol. The Morgan fingerprint density at radius 1 is 1.44 bits per heavy atom. The fourth-order valence-corrected chi connectivity index (χ4v) is 2.37. The molecule has 0 aromatic carbocycles. The Hall–Kier alpha value is -1.13. The number of hydrogen-bond donors (Lipinski definition) is 1. The van der Waals surface area contributed by atoms with Crippen molar-refractivity contribution in [3.8, 4) is 0 Å². The maximum absolute atomic E-state index is 10.2. The molecule has 1 atom stereocenters. The summed E-state index contributed by atoms with van der Waals surface area (Å²) in [5.41, 5.74) is 1.84. The van der Waals surface area contributed by atoms with E-state index >= 15 is 0 Å². The molecule has 0 saturated carbocycles. The van der Waals surface area contributed by atoms with Gasteiger partial charge in [0.05, 0.1) is 6.20 Å². The van der Waals surface area contributed by atoms with Gasteiger partial charge in [0.25, 0.3) is 0 Å². The fourth-order valence-electron chi connectivity index (χ4n) is 1.63. The number of thiophene rings is 1. The van der Waals surface area contributed by atoms with Gasteiger partial charge in [-0.05, 0) is 37.8 Å². The van der Waals surface area contributed by atoms with Crippen molar-refractivity contribution in [2.75, 3.05) is 0 Å². The maximum atomic E-state index is 10.2. The van der Waals surface area contributed by atoms with Crippen LogP contribution >= 0.6 is 11.3 Å². The van der Waals surface area contributed by atoms with Crippen LogP contribution < -0.4 is 0 Å². The van der Waals surface area contributed by atoms with Crippen molar-refractivity contribution in [1.82, 2.24) is 9.78 Å². The average molecular weight is 236 g/mol. The van der Waals surface area contributed by atoms with Crippen molar-refractivity contribution in [1.29, 1.82) is 0 Å². The molecule has 0 aliphatic carbocycles. The molecule has 2 aromatic rings. The molecule has 0 aliphatic rings. The maximum Gasteiger partial charge on any atom is 0.108 e. The molecule has 0 amide bonds. The Morgan fingerprint density at radius 3 is 2.69 bits per heavy atom. The quantitative estimate of drug-likeness (QED) is 0.889. The van der Waals surface area contributed by atoms with Crippen LogP contribution in [0.15, 0.2) is 23.8 Å². The van der Waals surface area contributed by atoms with Gasteiger partial charge < -0.3 is 5.11 Å². The van der Waals surface area contributed by atoms with Crippen LogP contribution in [0.25, 0.3) is 0 Å². The number of aliphatic hydroxyl groups is 1. The number of aryl methyl sites for hydroxylation is 1. The number of nitrogens with zero attached hydrogens (tertiary/aromatic N) is 2. The van der Waals surface area contributed by atoms with Crippen LogP contribution in [0, 0.1) is 6.92 Å². The van der Waals surface area contributed by atoms with Gasteiger partial charge in [0.2, 0.25) is 0 Å². The van der Waals surface area contributed by atoms with Crippen LogP contribution in [0.3, 0.4) is 0 Å². The van der Waals surface area contributed by atoms with Crippen molar-refractivity contribution in [2.45, 2.75) is 32.9 Å². The smallest absolute Gasteiger partial charge is 0.108 e. The Kier molecular flexibility index (Phi) is 3.12. The first-order valence-corrected chi connectivity index (χ1v) is 6.23. The summed E-state index contributed by atoms with van der Waals surface area (Å²) in [6.45, 7) is 6.16. The highest BCUT2D eigenvalue weighted by Crippen LogP contribution is 2.27. The first kappa shape index (κ1) is 11.4. The Balaban J connectivity index is 2.27. The van der Waals surface area contributed by atoms with Gasteiger partial charge in [-0.2, -0.15) is 5.10 Å². The van der Waals surface area contributed by atoms with E-state index in [1.165, 1.54) is 0 Å². The highest BCUT2D eigenvalue weighted by molar-refractivity contribution is 7.10. The van der Waals surface area contributed by atoms with Crippen LogP contribution in [0.4, 0.5) is 0 Å². The minimum absolute atomic E-state index is 0.324. The molecule has 2 rings (SSSR count). The first-order chi connectivity index (χ1) is 7.59. The van der Waals surface area contributed by atoms with E-state index in [4.69, 9.17) is 0 Å². The van der Waals surface area contributed by atoms with Gasteiger partial charge in [-0.3, -0.25) is 4.68 Å². The lowest BCUT2D eigenvalue weighted by Crippen LogP contribution is -2.01. The third-order valence-corrected chi connectivity index (χ3v) is 3.52. The third kappa shape index (κ3) is 2.03. The minimum Gasteiger partial charge on any atom is -0.383 e. The summed E-state index contributed by atoms with van der Waals surface area (Å²) in [7, 11) is 0. The molecule has 86 valence electrons. The second-order valence-corrected chi connectivity index (χ2v) is 5.30. The molecule has 0 fully saturated rings. The number of rotatable bonds is 3. The second-order valence-electron chi connectivity index (χ2n) is 4.18. The van der Waals surface area contributed by atoms with E-state index in [9.17, 15) is 5.11 Å². The molecule has 0 spiro atoms. The topological polar surface area (TPSA) is 38.1 Å². The lowest BCUT2D eigenvalue weighted by molar-refractivity contribution is 0.220. The van der Waals surface area contributed by atoms with Gasteiger partial charge in [-0.1, -0.05) is 0 Å². The largest absolute Gasteiger partial charge is 0.383 e. The van der Waals surface area contributed by atoms with Crippen molar-refractivity contribution < 1.29 is 5.11 Å². The molecular formula is C12H16N2OS. The zero-order chi connectivity index (χ0) is 11.7. The van der Waals surface area contributed by atoms with Crippen LogP contribution in [-0.2, 0) is 0 Å². The standard InChI is InChI=1S/C12H16N2OS/c1-8(2)14-7-10(6-13-14)12(15)11-4-5-16-9(11)3/h4-8,12,15H,1-3H3. The summed E-state index contributed by atoms with van der Waals surface area (Å²) < 4.78 is 1.86. The van der Waals surface area contributed by atoms with Crippen LogP contribution in [-0.4, -0.2) is 14.9 Å². The number of hydrogen-bond acceptors (Lipinski definition) is 3. The van der Waals surface area contributed by atoms with Gasteiger partial charge in [0, 0.05) is 22.7 Å². The monoisotopic (exact) mass is 236 g/mol. The lowest BCUT2D eigenvalue weighted by Gasteiger charge is -2.08. The Labute approximate surface area is 99.4 Å². The molecular weight excluding hydrogens is 220 g/mol. The molecule has 2 aromatic heterocycles. The van der Waals surface area contributed by atoms with Crippen molar-refractivity contribution >= 4 is 11.3 Å². The normalized spacial score (nSPS) is 13.3. The molecule has 1 N–H and O–H groups in total. The highest BCUT2D eigenvalue weighted by atomic mass is 32.1. The molecule has 0 aliphatic heterocycles. The van der Waals surface area contributed by atoms with Crippen molar-refractivity contribution in [3.63, 3.8) is 0 Å². The molecule has 2 heterocycles. The summed E-state index contributed by atoms with van der Waals surface area (Å²) in [6, 6.07) is 2.29. The van der Waals surface area contributed by atoms with Gasteiger partial charge in [0.1, 0.15) is 6.10 Å². The van der Waals surface area contributed by atoms with E-state index < -0.39 is 6.10 Å². The van der Waals surface area contributed by atoms with E-state index in [0.29, 0.717) is 6.04 Å². The SMILES string of the molecule is Cc1sccc1C(O)c1cnn(C(C)C)c1. The van der Waals surface area contributed by atoms with Crippen molar-refractivity contribution in [2.24, 2.45) is 0 Å². The van der Waals surface area contributed by atoms with E-state index in [0.717, 1.165) is 16.0 Å². The lowest BCUT2D eigenvalue weighted by atomic mass is 10.1. The Bertz CT molecular complexity index is 473. The summed E-state index contributed by atoms with van der Waals surface area (Å²) >= 11 is 1.65. The van der Waals surface area contributed by atoms with Crippen LogP contribution in [0.5, 0.6) is 0 Å². The molecule has 16 heavy (non-hydrogen) atoms. The Morgan fingerprint density at radius 2 is 2.19 bits per heavy atom. The first-order valence-electron chi connectivity index (χ1n) is 5.35. The van der Waals surface area contributed by atoms with Crippen molar-refractivity contribution in [3.05, 3.63) is 39.8 Å².